The van der Waals surface area contributed by atoms with Gasteiger partial charge < -0.3 is 0 Å². The van der Waals surface area contributed by atoms with Crippen LogP contribution in [0.2, 0.25) is 0 Å². The van der Waals surface area contributed by atoms with Gasteiger partial charge in [-0.2, -0.15) is 0 Å². The highest BCUT2D eigenvalue weighted by Gasteiger charge is 2.05. The molecule has 0 aliphatic rings. The van der Waals surface area contributed by atoms with Gasteiger partial charge in [0.2, 0.25) is 0 Å². The highest BCUT2D eigenvalue weighted by molar-refractivity contribution is 5.99. The second kappa shape index (κ2) is 4.88. The number of aldehydes is 1. The van der Waals surface area contributed by atoms with E-state index in [0.717, 1.165) is 22.6 Å². The molecule has 0 saturated carbocycles. The summed E-state index contributed by atoms with van der Waals surface area (Å²) in [6.45, 7) is 0.332. The number of benzene rings is 2. The molecule has 0 N–H and O–H groups in total. The fourth-order valence-electron chi connectivity index (χ4n) is 1.79. The molecule has 2 aromatic carbocycles. The molecule has 82 valence electrons. The van der Waals surface area contributed by atoms with Crippen molar-refractivity contribution >= 4 is 17.1 Å². The Morgan fingerprint density at radius 2 is 1.94 bits per heavy atom. The van der Waals surface area contributed by atoms with E-state index >= 15 is 0 Å². The standard InChI is InChI=1S/C13H12O3/c1-15-16-9-12-7-3-5-10-4-2-6-11(8-14)13(10)12/h2-8H,9H2,1H3. The molecule has 0 heterocycles. The van der Waals surface area contributed by atoms with E-state index < -0.39 is 0 Å². The van der Waals surface area contributed by atoms with Crippen LogP contribution >= 0.6 is 0 Å². The minimum atomic E-state index is 0.332. The molecule has 0 aliphatic carbocycles. The van der Waals surface area contributed by atoms with Gasteiger partial charge in [-0.25, -0.2) is 9.78 Å². The highest BCUT2D eigenvalue weighted by atomic mass is 17.2. The topological polar surface area (TPSA) is 35.5 Å². The molecule has 2 rings (SSSR count). The third kappa shape index (κ3) is 1.96. The van der Waals surface area contributed by atoms with E-state index in [1.54, 1.807) is 6.07 Å². The number of carbonyl (C=O) groups is 1. The third-order valence-corrected chi connectivity index (χ3v) is 2.48. The van der Waals surface area contributed by atoms with Crippen molar-refractivity contribution in [1.82, 2.24) is 0 Å². The van der Waals surface area contributed by atoms with E-state index in [4.69, 9.17) is 4.89 Å². The van der Waals surface area contributed by atoms with E-state index in [2.05, 4.69) is 4.89 Å². The van der Waals surface area contributed by atoms with Crippen LogP contribution in [0.25, 0.3) is 10.8 Å². The van der Waals surface area contributed by atoms with Crippen LogP contribution in [-0.4, -0.2) is 13.4 Å². The largest absolute Gasteiger partial charge is 0.298 e. The van der Waals surface area contributed by atoms with Crippen LogP contribution in [0, 0.1) is 0 Å². The highest BCUT2D eigenvalue weighted by Crippen LogP contribution is 2.22. The molecule has 0 atom stereocenters. The van der Waals surface area contributed by atoms with E-state index in [9.17, 15) is 4.79 Å². The zero-order chi connectivity index (χ0) is 11.4. The number of rotatable bonds is 4. The normalized spacial score (nSPS) is 10.6. The number of carbonyl (C=O) groups excluding carboxylic acids is 1. The van der Waals surface area contributed by atoms with Crippen molar-refractivity contribution in [3.63, 3.8) is 0 Å². The summed E-state index contributed by atoms with van der Waals surface area (Å²) in [5, 5.41) is 1.96. The Bertz CT molecular complexity index is 500. The zero-order valence-corrected chi connectivity index (χ0v) is 8.97. The molecule has 3 heteroatoms. The van der Waals surface area contributed by atoms with Gasteiger partial charge >= 0.3 is 0 Å². The van der Waals surface area contributed by atoms with Crippen LogP contribution in [0.15, 0.2) is 36.4 Å². The van der Waals surface area contributed by atoms with Crippen molar-refractivity contribution in [2.24, 2.45) is 0 Å². The van der Waals surface area contributed by atoms with Crippen molar-refractivity contribution in [2.45, 2.75) is 6.61 Å². The van der Waals surface area contributed by atoms with Crippen molar-refractivity contribution in [1.29, 1.82) is 0 Å². The van der Waals surface area contributed by atoms with Crippen LogP contribution < -0.4 is 0 Å². The van der Waals surface area contributed by atoms with Gasteiger partial charge in [0.05, 0.1) is 7.11 Å². The maximum Gasteiger partial charge on any atom is 0.150 e. The van der Waals surface area contributed by atoms with Crippen LogP contribution in [-0.2, 0) is 16.4 Å². The summed E-state index contributed by atoms with van der Waals surface area (Å²) in [6.07, 6.45) is 0.860. The van der Waals surface area contributed by atoms with Crippen molar-refractivity contribution < 1.29 is 14.6 Å². The first-order valence-electron chi connectivity index (χ1n) is 4.98. The van der Waals surface area contributed by atoms with Crippen LogP contribution in [0.4, 0.5) is 0 Å². The van der Waals surface area contributed by atoms with Gasteiger partial charge in [-0.15, -0.1) is 0 Å². The zero-order valence-electron chi connectivity index (χ0n) is 8.97. The maximum atomic E-state index is 11.0. The molecule has 0 radical (unpaired) electrons. The molecule has 3 nitrogen and oxygen atoms in total. The average Bonchev–Trinajstić information content (AvgIpc) is 2.35. The fraction of sp³-hybridized carbons (Fsp3) is 0.154. The summed E-state index contributed by atoms with van der Waals surface area (Å²) in [5.41, 5.74) is 1.62. The fourth-order valence-corrected chi connectivity index (χ4v) is 1.79. The van der Waals surface area contributed by atoms with Crippen molar-refractivity contribution in [3.8, 4) is 0 Å². The molecular formula is C13H12O3. The van der Waals surface area contributed by atoms with Crippen LogP contribution in [0.3, 0.4) is 0 Å². The molecule has 0 amide bonds. The van der Waals surface area contributed by atoms with Gasteiger partial charge in [0, 0.05) is 5.56 Å². The molecule has 0 aliphatic heterocycles. The second-order valence-corrected chi connectivity index (χ2v) is 3.41. The van der Waals surface area contributed by atoms with Crippen molar-refractivity contribution in [3.05, 3.63) is 47.5 Å². The third-order valence-electron chi connectivity index (χ3n) is 2.48. The minimum absolute atomic E-state index is 0.332. The Morgan fingerprint density at radius 1 is 1.19 bits per heavy atom. The predicted molar refractivity (Wildman–Crippen MR) is 61.1 cm³/mol. The number of hydrogen-bond acceptors (Lipinski definition) is 3. The molecule has 0 bridgehead atoms. The Balaban J connectivity index is 2.59. The molecule has 0 saturated heterocycles. The van der Waals surface area contributed by atoms with Gasteiger partial charge in [-0.1, -0.05) is 36.4 Å². The summed E-state index contributed by atoms with van der Waals surface area (Å²) < 4.78 is 0. The van der Waals surface area contributed by atoms with Crippen LogP contribution in [0.5, 0.6) is 0 Å². The van der Waals surface area contributed by atoms with Gasteiger partial charge in [0.15, 0.2) is 6.29 Å². The summed E-state index contributed by atoms with van der Waals surface area (Å²) >= 11 is 0. The van der Waals surface area contributed by atoms with Gasteiger partial charge in [-0.05, 0) is 16.3 Å². The summed E-state index contributed by atoms with van der Waals surface area (Å²) in [5.74, 6) is 0. The van der Waals surface area contributed by atoms with Gasteiger partial charge in [-0.3, -0.25) is 4.79 Å². The Hall–Kier alpha value is -1.71. The number of hydrogen-bond donors (Lipinski definition) is 0. The lowest BCUT2D eigenvalue weighted by atomic mass is 10.0. The lowest BCUT2D eigenvalue weighted by Crippen LogP contribution is -1.95. The minimum Gasteiger partial charge on any atom is -0.298 e. The quantitative estimate of drug-likeness (QED) is 0.448. The molecular weight excluding hydrogens is 204 g/mol. The molecule has 0 spiro atoms. The first-order valence-corrected chi connectivity index (χ1v) is 4.98. The maximum absolute atomic E-state index is 11.0. The Labute approximate surface area is 93.5 Å². The SMILES string of the molecule is COOCc1cccc2cccc(C=O)c12. The lowest BCUT2D eigenvalue weighted by molar-refractivity contribution is -0.282. The second-order valence-electron chi connectivity index (χ2n) is 3.41. The average molecular weight is 216 g/mol. The van der Waals surface area contributed by atoms with E-state index in [0.29, 0.717) is 12.2 Å². The molecule has 16 heavy (non-hydrogen) atoms. The summed E-state index contributed by atoms with van der Waals surface area (Å²) in [7, 11) is 1.46. The molecule has 0 unspecified atom stereocenters. The van der Waals surface area contributed by atoms with E-state index in [1.807, 2.05) is 30.3 Å². The Kier molecular flexibility index (Phi) is 3.29. The monoisotopic (exact) mass is 216 g/mol. The summed E-state index contributed by atoms with van der Waals surface area (Å²) in [6, 6.07) is 11.5. The van der Waals surface area contributed by atoms with E-state index in [1.165, 1.54) is 7.11 Å². The molecule has 0 fully saturated rings. The predicted octanol–water partition coefficient (Wildman–Crippen LogP) is 2.73. The summed E-state index contributed by atoms with van der Waals surface area (Å²) in [4.78, 5) is 20.5. The van der Waals surface area contributed by atoms with Crippen molar-refractivity contribution in [2.75, 3.05) is 7.11 Å². The van der Waals surface area contributed by atoms with Crippen LogP contribution in [0.1, 0.15) is 15.9 Å². The Morgan fingerprint density at radius 3 is 2.62 bits per heavy atom. The number of fused-ring (bicyclic) bond motifs is 1. The smallest absolute Gasteiger partial charge is 0.150 e. The molecule has 0 aromatic heterocycles. The first-order chi connectivity index (χ1) is 7.86. The van der Waals surface area contributed by atoms with Gasteiger partial charge in [0.25, 0.3) is 0 Å². The lowest BCUT2D eigenvalue weighted by Gasteiger charge is -2.07. The molecule has 2 aromatic rings. The first kappa shape index (κ1) is 10.8. The van der Waals surface area contributed by atoms with Gasteiger partial charge in [0.1, 0.15) is 6.61 Å². The van der Waals surface area contributed by atoms with E-state index in [-0.39, 0.29) is 0 Å².